The number of fused-ring (bicyclic) bond motifs is 2. The van der Waals surface area contributed by atoms with E-state index in [0.717, 1.165) is 30.4 Å². The van der Waals surface area contributed by atoms with Gasteiger partial charge in [-0.3, -0.25) is 4.99 Å². The third-order valence-corrected chi connectivity index (χ3v) is 4.41. The average Bonchev–Trinajstić information content (AvgIpc) is 3.06. The highest BCUT2D eigenvalue weighted by Gasteiger charge is 2.25. The number of benzene rings is 2. The molecule has 2 aliphatic heterocycles. The van der Waals surface area contributed by atoms with Crippen LogP contribution in [0.1, 0.15) is 5.56 Å². The molecular weight excluding hydrogens is 429 g/mol. The fourth-order valence-electron chi connectivity index (χ4n) is 3.22. The Kier molecular flexibility index (Phi) is 5.67. The molecule has 0 spiro atoms. The van der Waals surface area contributed by atoms with Crippen molar-refractivity contribution in [2.45, 2.75) is 12.5 Å². The molecule has 1 atom stereocenters. The van der Waals surface area contributed by atoms with Crippen molar-refractivity contribution in [1.29, 1.82) is 0 Å². The highest BCUT2D eigenvalue weighted by atomic mass is 127. The van der Waals surface area contributed by atoms with E-state index in [1.807, 2.05) is 31.3 Å². The zero-order chi connectivity index (χ0) is 16.4. The number of halogens is 1. The molecule has 0 saturated heterocycles. The minimum atomic E-state index is -0.0329. The summed E-state index contributed by atoms with van der Waals surface area (Å²) in [5.41, 5.74) is 2.60. The average molecular weight is 451 g/mol. The Hall–Kier alpha value is -1.96. The predicted octanol–water partition coefficient (Wildman–Crippen LogP) is 3.08. The predicted molar refractivity (Wildman–Crippen MR) is 111 cm³/mol. The lowest BCUT2D eigenvalue weighted by molar-refractivity contribution is 0.0937. The summed E-state index contributed by atoms with van der Waals surface area (Å²) in [7, 11) is 1.82. The number of hydrogen-bond donors (Lipinski definition) is 1. The van der Waals surface area contributed by atoms with E-state index in [4.69, 9.17) is 9.47 Å². The number of nitrogens with zero attached hydrogens (tertiary/aromatic N) is 2. The third-order valence-electron chi connectivity index (χ3n) is 4.41. The lowest BCUT2D eigenvalue weighted by Gasteiger charge is -2.28. The molecule has 0 amide bonds. The van der Waals surface area contributed by atoms with Crippen LogP contribution in [0.15, 0.2) is 53.5 Å². The molecule has 132 valence electrons. The van der Waals surface area contributed by atoms with E-state index in [9.17, 15) is 0 Å². The first-order chi connectivity index (χ1) is 11.8. The van der Waals surface area contributed by atoms with Crippen molar-refractivity contribution >= 4 is 35.6 Å². The number of aliphatic imine (C=N–C) groups is 1. The number of rotatable bonds is 2. The second-order valence-corrected chi connectivity index (χ2v) is 5.96. The van der Waals surface area contributed by atoms with Crippen LogP contribution < -0.4 is 19.7 Å². The molecule has 0 saturated carbocycles. The van der Waals surface area contributed by atoms with Crippen molar-refractivity contribution < 1.29 is 9.47 Å². The van der Waals surface area contributed by atoms with Crippen molar-refractivity contribution in [1.82, 2.24) is 5.32 Å². The van der Waals surface area contributed by atoms with Gasteiger partial charge in [-0.1, -0.05) is 30.3 Å². The monoisotopic (exact) mass is 451 g/mol. The van der Waals surface area contributed by atoms with Gasteiger partial charge in [0, 0.05) is 19.3 Å². The number of para-hydroxylation sites is 3. The minimum absolute atomic E-state index is 0. The maximum Gasteiger partial charge on any atom is 0.198 e. The van der Waals surface area contributed by atoms with Crippen molar-refractivity contribution in [2.24, 2.45) is 4.99 Å². The van der Waals surface area contributed by atoms with Crippen molar-refractivity contribution in [2.75, 3.05) is 31.6 Å². The van der Waals surface area contributed by atoms with E-state index >= 15 is 0 Å². The van der Waals surface area contributed by atoms with E-state index in [1.165, 1.54) is 11.3 Å². The van der Waals surface area contributed by atoms with Gasteiger partial charge >= 0.3 is 0 Å². The van der Waals surface area contributed by atoms with Gasteiger partial charge in [-0.2, -0.15) is 0 Å². The van der Waals surface area contributed by atoms with Gasteiger partial charge in [-0.25, -0.2) is 0 Å². The van der Waals surface area contributed by atoms with Gasteiger partial charge in [0.15, 0.2) is 17.5 Å². The quantitative estimate of drug-likeness (QED) is 0.433. The van der Waals surface area contributed by atoms with Crippen molar-refractivity contribution in [3.8, 4) is 11.5 Å². The summed E-state index contributed by atoms with van der Waals surface area (Å²) >= 11 is 0. The van der Waals surface area contributed by atoms with Crippen molar-refractivity contribution in [3.05, 3.63) is 54.1 Å². The summed E-state index contributed by atoms with van der Waals surface area (Å²) < 4.78 is 11.8. The SMILES string of the molecule is CN=C(NCC1COc2ccccc2O1)N1CCc2ccccc21.I. The molecule has 0 bridgehead atoms. The van der Waals surface area contributed by atoms with Crippen LogP contribution in [0.5, 0.6) is 11.5 Å². The molecular formula is C19H22IN3O2. The molecule has 0 aromatic heterocycles. The number of hydrogen-bond acceptors (Lipinski definition) is 3. The van der Waals surface area contributed by atoms with Crippen LogP contribution in [-0.2, 0) is 6.42 Å². The molecule has 2 aliphatic rings. The van der Waals surface area contributed by atoms with E-state index in [2.05, 4.69) is 39.5 Å². The Balaban J connectivity index is 0.00000182. The van der Waals surface area contributed by atoms with Gasteiger partial charge in [0.1, 0.15) is 12.7 Å². The van der Waals surface area contributed by atoms with Crippen LogP contribution in [0.2, 0.25) is 0 Å². The van der Waals surface area contributed by atoms with E-state index in [-0.39, 0.29) is 30.1 Å². The van der Waals surface area contributed by atoms with Gasteiger partial charge < -0.3 is 19.7 Å². The van der Waals surface area contributed by atoms with Crippen LogP contribution in [0, 0.1) is 0 Å². The van der Waals surface area contributed by atoms with Crippen LogP contribution in [0.25, 0.3) is 0 Å². The molecule has 25 heavy (non-hydrogen) atoms. The Morgan fingerprint density at radius 3 is 2.76 bits per heavy atom. The first kappa shape index (κ1) is 17.8. The standard InChI is InChI=1S/C19H21N3O2.HI/c1-20-19(22-11-10-14-6-2-3-7-16(14)22)21-12-15-13-23-17-8-4-5-9-18(17)24-15;/h2-9,15H,10-13H2,1H3,(H,20,21);1H. The second-order valence-electron chi connectivity index (χ2n) is 5.96. The Bertz CT molecular complexity index is 766. The maximum absolute atomic E-state index is 6.00. The lowest BCUT2D eigenvalue weighted by Crippen LogP contribution is -2.46. The number of anilines is 1. The van der Waals surface area contributed by atoms with E-state index < -0.39 is 0 Å². The highest BCUT2D eigenvalue weighted by Crippen LogP contribution is 2.31. The normalized spacial score (nSPS) is 18.4. The molecule has 1 N–H and O–H groups in total. The summed E-state index contributed by atoms with van der Waals surface area (Å²) in [4.78, 5) is 6.66. The number of guanidine groups is 1. The Morgan fingerprint density at radius 1 is 1.16 bits per heavy atom. The molecule has 4 rings (SSSR count). The second kappa shape index (κ2) is 7.95. The molecule has 1 unspecified atom stereocenters. The third kappa shape index (κ3) is 3.68. The zero-order valence-corrected chi connectivity index (χ0v) is 16.5. The fraction of sp³-hybridized carbons (Fsp3) is 0.316. The highest BCUT2D eigenvalue weighted by molar-refractivity contribution is 14.0. The molecule has 0 aliphatic carbocycles. The number of ether oxygens (including phenoxy) is 2. The summed E-state index contributed by atoms with van der Waals surface area (Å²) in [6.45, 7) is 2.14. The first-order valence-corrected chi connectivity index (χ1v) is 8.30. The van der Waals surface area contributed by atoms with Gasteiger partial charge in [-0.05, 0) is 30.2 Å². The van der Waals surface area contributed by atoms with Gasteiger partial charge in [0.05, 0.1) is 6.54 Å². The number of nitrogens with one attached hydrogen (secondary N) is 1. The van der Waals surface area contributed by atoms with Crippen LogP contribution in [0.4, 0.5) is 5.69 Å². The largest absolute Gasteiger partial charge is 0.486 e. The van der Waals surface area contributed by atoms with E-state index in [0.29, 0.717) is 13.2 Å². The van der Waals surface area contributed by atoms with Crippen LogP contribution in [-0.4, -0.2) is 38.8 Å². The molecule has 2 aromatic carbocycles. The Labute approximate surface area is 165 Å². The summed E-state index contributed by atoms with van der Waals surface area (Å²) in [5, 5.41) is 3.42. The zero-order valence-electron chi connectivity index (χ0n) is 14.1. The van der Waals surface area contributed by atoms with Gasteiger partial charge in [0.25, 0.3) is 0 Å². The van der Waals surface area contributed by atoms with Crippen LogP contribution >= 0.6 is 24.0 Å². The maximum atomic E-state index is 6.00. The fourth-order valence-corrected chi connectivity index (χ4v) is 3.22. The minimum Gasteiger partial charge on any atom is -0.486 e. The topological polar surface area (TPSA) is 46.1 Å². The first-order valence-electron chi connectivity index (χ1n) is 8.30. The van der Waals surface area contributed by atoms with Crippen LogP contribution in [0.3, 0.4) is 0 Å². The summed E-state index contributed by atoms with van der Waals surface area (Å²) in [6.07, 6.45) is 1.02. The molecule has 0 fully saturated rings. The van der Waals surface area contributed by atoms with E-state index in [1.54, 1.807) is 0 Å². The molecule has 0 radical (unpaired) electrons. The molecule has 6 heteroatoms. The lowest BCUT2D eigenvalue weighted by atomic mass is 10.2. The molecule has 2 aromatic rings. The van der Waals surface area contributed by atoms with Gasteiger partial charge in [0.2, 0.25) is 0 Å². The Morgan fingerprint density at radius 2 is 1.92 bits per heavy atom. The summed E-state index contributed by atoms with van der Waals surface area (Å²) in [5.74, 6) is 2.49. The molecule has 2 heterocycles. The smallest absolute Gasteiger partial charge is 0.198 e. The van der Waals surface area contributed by atoms with Gasteiger partial charge in [-0.15, -0.1) is 24.0 Å². The summed E-state index contributed by atoms with van der Waals surface area (Å²) in [6, 6.07) is 16.3. The molecule has 5 nitrogen and oxygen atoms in total. The van der Waals surface area contributed by atoms with Crippen molar-refractivity contribution in [3.63, 3.8) is 0 Å².